The molecule has 1 heterocycles. The van der Waals surface area contributed by atoms with Crippen LogP contribution >= 0.6 is 0 Å². The van der Waals surface area contributed by atoms with Crippen LogP contribution < -0.4 is 10.2 Å². The third kappa shape index (κ3) is 3.25. The minimum absolute atomic E-state index is 0.516. The van der Waals surface area contributed by atoms with Crippen LogP contribution in [0.2, 0.25) is 0 Å². The monoisotopic (exact) mass is 249 g/mol. The topological polar surface area (TPSA) is 52.9 Å². The molecule has 0 amide bonds. The van der Waals surface area contributed by atoms with Gasteiger partial charge in [-0.3, -0.25) is 4.90 Å². The van der Waals surface area contributed by atoms with Gasteiger partial charge in [0.2, 0.25) is 0 Å². The maximum atomic E-state index is 9.22. The van der Waals surface area contributed by atoms with E-state index >= 15 is 0 Å². The molecule has 1 aliphatic rings. The summed E-state index contributed by atoms with van der Waals surface area (Å²) in [5, 5.41) is 18.4. The van der Waals surface area contributed by atoms with Crippen LogP contribution in [-0.4, -0.2) is 42.3 Å². The minimum Gasteiger partial charge on any atom is -0.496 e. The number of ether oxygens (including phenoxy) is 1. The number of likely N-dealkylation sites (tertiary alicyclic amines) is 1. The molecule has 1 aromatic rings. The van der Waals surface area contributed by atoms with Crippen molar-refractivity contribution in [2.75, 3.05) is 20.2 Å². The number of hydrogen-bond acceptors (Lipinski definition) is 4. The molecule has 0 bridgehead atoms. The first-order chi connectivity index (χ1) is 8.70. The Labute approximate surface area is 108 Å². The van der Waals surface area contributed by atoms with Gasteiger partial charge in [0.15, 0.2) is 0 Å². The SMILES string of the molecule is COc1ccc(B(O)O)cc1CN1CCCCC1. The van der Waals surface area contributed by atoms with Crippen molar-refractivity contribution >= 4 is 12.6 Å². The molecule has 0 atom stereocenters. The van der Waals surface area contributed by atoms with Crippen LogP contribution in [0.4, 0.5) is 0 Å². The van der Waals surface area contributed by atoms with Crippen molar-refractivity contribution in [2.24, 2.45) is 0 Å². The summed E-state index contributed by atoms with van der Waals surface area (Å²) in [7, 11) is 0.223. The van der Waals surface area contributed by atoms with Gasteiger partial charge in [0.05, 0.1) is 7.11 Å². The highest BCUT2D eigenvalue weighted by Gasteiger charge is 2.17. The van der Waals surface area contributed by atoms with E-state index in [1.807, 2.05) is 6.07 Å². The van der Waals surface area contributed by atoms with Crippen molar-refractivity contribution in [1.29, 1.82) is 0 Å². The van der Waals surface area contributed by atoms with E-state index < -0.39 is 7.12 Å². The molecule has 1 fully saturated rings. The number of piperidine rings is 1. The van der Waals surface area contributed by atoms with Gasteiger partial charge < -0.3 is 14.8 Å². The Kier molecular flexibility index (Phi) is 4.63. The number of rotatable bonds is 4. The first kappa shape index (κ1) is 13.4. The molecule has 0 spiro atoms. The van der Waals surface area contributed by atoms with Crippen LogP contribution in [0, 0.1) is 0 Å². The van der Waals surface area contributed by atoms with E-state index in [-0.39, 0.29) is 0 Å². The molecule has 98 valence electrons. The Morgan fingerprint density at radius 3 is 2.56 bits per heavy atom. The standard InChI is InChI=1S/C13H20BNO3/c1-18-13-6-5-12(14(16)17)9-11(13)10-15-7-3-2-4-8-15/h5-6,9,16-17H,2-4,7-8,10H2,1H3. The number of hydrogen-bond donors (Lipinski definition) is 2. The fraction of sp³-hybridized carbons (Fsp3) is 0.538. The van der Waals surface area contributed by atoms with Crippen molar-refractivity contribution in [2.45, 2.75) is 25.8 Å². The maximum absolute atomic E-state index is 9.22. The van der Waals surface area contributed by atoms with Crippen molar-refractivity contribution in [3.63, 3.8) is 0 Å². The van der Waals surface area contributed by atoms with Gasteiger partial charge in [-0.2, -0.15) is 0 Å². The van der Waals surface area contributed by atoms with Crippen LogP contribution in [0.3, 0.4) is 0 Å². The van der Waals surface area contributed by atoms with E-state index in [2.05, 4.69) is 4.90 Å². The van der Waals surface area contributed by atoms with Gasteiger partial charge >= 0.3 is 7.12 Å². The largest absolute Gasteiger partial charge is 0.496 e. The summed E-state index contributed by atoms with van der Waals surface area (Å²) in [5.41, 5.74) is 1.54. The van der Waals surface area contributed by atoms with Crippen molar-refractivity contribution in [1.82, 2.24) is 4.90 Å². The van der Waals surface area contributed by atoms with E-state index in [0.29, 0.717) is 5.46 Å². The van der Waals surface area contributed by atoms with Gasteiger partial charge in [-0.25, -0.2) is 0 Å². The highest BCUT2D eigenvalue weighted by atomic mass is 16.5. The van der Waals surface area contributed by atoms with Crippen molar-refractivity contribution < 1.29 is 14.8 Å². The van der Waals surface area contributed by atoms with Crippen LogP contribution in [0.1, 0.15) is 24.8 Å². The van der Waals surface area contributed by atoms with E-state index in [4.69, 9.17) is 4.74 Å². The summed E-state index contributed by atoms with van der Waals surface area (Å²) < 4.78 is 5.33. The molecule has 0 aromatic heterocycles. The van der Waals surface area contributed by atoms with Gasteiger partial charge in [-0.1, -0.05) is 18.6 Å². The molecule has 1 aliphatic heterocycles. The van der Waals surface area contributed by atoms with Crippen molar-refractivity contribution in [3.05, 3.63) is 23.8 Å². The third-order valence-corrected chi connectivity index (χ3v) is 3.45. The Hall–Kier alpha value is -1.04. The lowest BCUT2D eigenvalue weighted by Gasteiger charge is -2.27. The summed E-state index contributed by atoms with van der Waals surface area (Å²) in [4.78, 5) is 2.38. The number of benzene rings is 1. The normalized spacial score (nSPS) is 16.6. The number of nitrogens with zero attached hydrogens (tertiary/aromatic N) is 1. The summed E-state index contributed by atoms with van der Waals surface area (Å²) >= 11 is 0. The fourth-order valence-corrected chi connectivity index (χ4v) is 2.44. The zero-order valence-electron chi connectivity index (χ0n) is 10.8. The summed E-state index contributed by atoms with van der Waals surface area (Å²) in [5.74, 6) is 0.810. The molecule has 2 N–H and O–H groups in total. The Balaban J connectivity index is 2.15. The second-order valence-corrected chi connectivity index (χ2v) is 4.78. The van der Waals surface area contributed by atoms with Gasteiger partial charge in [0.1, 0.15) is 5.75 Å². The first-order valence-electron chi connectivity index (χ1n) is 6.46. The highest BCUT2D eigenvalue weighted by Crippen LogP contribution is 2.20. The average molecular weight is 249 g/mol. The summed E-state index contributed by atoms with van der Waals surface area (Å²) in [6.45, 7) is 3.02. The molecule has 0 saturated carbocycles. The van der Waals surface area contributed by atoms with Crippen LogP contribution in [-0.2, 0) is 6.54 Å². The fourth-order valence-electron chi connectivity index (χ4n) is 2.44. The second kappa shape index (κ2) is 6.23. The maximum Gasteiger partial charge on any atom is 0.488 e. The molecule has 5 heteroatoms. The lowest BCUT2D eigenvalue weighted by molar-refractivity contribution is 0.218. The van der Waals surface area contributed by atoms with Crippen molar-refractivity contribution in [3.8, 4) is 5.75 Å². The quantitative estimate of drug-likeness (QED) is 0.756. The molecule has 1 saturated heterocycles. The van der Waals surface area contributed by atoms with Gasteiger partial charge in [-0.05, 0) is 37.5 Å². The molecule has 0 unspecified atom stereocenters. The molecular weight excluding hydrogens is 229 g/mol. The molecule has 0 aliphatic carbocycles. The lowest BCUT2D eigenvalue weighted by Crippen LogP contribution is -2.32. The molecular formula is C13H20BNO3. The Morgan fingerprint density at radius 1 is 1.22 bits per heavy atom. The first-order valence-corrected chi connectivity index (χ1v) is 6.46. The van der Waals surface area contributed by atoms with E-state index in [9.17, 15) is 10.0 Å². The van der Waals surface area contributed by atoms with Crippen LogP contribution in [0.5, 0.6) is 5.75 Å². The Bertz CT molecular complexity index is 392. The van der Waals surface area contributed by atoms with Crippen LogP contribution in [0.15, 0.2) is 18.2 Å². The Morgan fingerprint density at radius 2 is 1.94 bits per heavy atom. The summed E-state index contributed by atoms with van der Waals surface area (Å²) in [6.07, 6.45) is 3.79. The zero-order chi connectivity index (χ0) is 13.0. The highest BCUT2D eigenvalue weighted by molar-refractivity contribution is 6.58. The predicted octanol–water partition coefficient (Wildman–Crippen LogP) is 0.361. The van der Waals surface area contributed by atoms with Gasteiger partial charge in [-0.15, -0.1) is 0 Å². The van der Waals surface area contributed by atoms with E-state index in [1.54, 1.807) is 19.2 Å². The van der Waals surface area contributed by atoms with E-state index in [1.165, 1.54) is 19.3 Å². The predicted molar refractivity (Wildman–Crippen MR) is 71.9 cm³/mol. The molecule has 2 rings (SSSR count). The second-order valence-electron chi connectivity index (χ2n) is 4.78. The third-order valence-electron chi connectivity index (χ3n) is 3.45. The van der Waals surface area contributed by atoms with Gasteiger partial charge in [0, 0.05) is 12.1 Å². The zero-order valence-corrected chi connectivity index (χ0v) is 10.8. The molecule has 1 aromatic carbocycles. The molecule has 4 nitrogen and oxygen atoms in total. The average Bonchev–Trinajstić information content (AvgIpc) is 2.39. The minimum atomic E-state index is -1.42. The molecule has 18 heavy (non-hydrogen) atoms. The number of methoxy groups -OCH3 is 1. The van der Waals surface area contributed by atoms with Crippen LogP contribution in [0.25, 0.3) is 0 Å². The lowest BCUT2D eigenvalue weighted by atomic mass is 9.79. The molecule has 0 radical (unpaired) electrons. The van der Waals surface area contributed by atoms with E-state index in [0.717, 1.165) is 30.9 Å². The van der Waals surface area contributed by atoms with Gasteiger partial charge in [0.25, 0.3) is 0 Å². The summed E-state index contributed by atoms with van der Waals surface area (Å²) in [6, 6.07) is 5.30. The smallest absolute Gasteiger partial charge is 0.488 e.